The van der Waals surface area contributed by atoms with Gasteiger partial charge in [-0.3, -0.25) is 4.79 Å². The Morgan fingerprint density at radius 1 is 1.56 bits per heavy atom. The van der Waals surface area contributed by atoms with Crippen LogP contribution in [0.3, 0.4) is 0 Å². The number of halogens is 1. The zero-order chi connectivity index (χ0) is 12.0. The first-order valence-corrected chi connectivity index (χ1v) is 5.39. The van der Waals surface area contributed by atoms with Crippen LogP contribution in [0.5, 0.6) is 0 Å². The van der Waals surface area contributed by atoms with Gasteiger partial charge < -0.3 is 10.6 Å². The molecule has 4 heteroatoms. The van der Waals surface area contributed by atoms with E-state index in [1.54, 1.807) is 12.1 Å². The number of carbonyl (C=O) groups excluding carboxylic acids is 1. The zero-order valence-corrected chi connectivity index (χ0v) is 9.97. The normalized spacial score (nSPS) is 9.88. The van der Waals surface area contributed by atoms with Gasteiger partial charge >= 0.3 is 0 Å². The molecule has 16 heavy (non-hydrogen) atoms. The highest BCUT2D eigenvalue weighted by Gasteiger charge is 2.07. The Morgan fingerprint density at radius 2 is 2.31 bits per heavy atom. The molecule has 0 fully saturated rings. The lowest BCUT2D eigenvalue weighted by Crippen LogP contribution is -2.28. The Morgan fingerprint density at radius 3 is 2.94 bits per heavy atom. The lowest BCUT2D eigenvalue weighted by Gasteiger charge is -2.10. The summed E-state index contributed by atoms with van der Waals surface area (Å²) in [6.45, 7) is 6.31. The molecule has 0 aliphatic heterocycles. The van der Waals surface area contributed by atoms with Gasteiger partial charge in [-0.1, -0.05) is 29.8 Å². The molecule has 0 aliphatic carbocycles. The second-order valence-corrected chi connectivity index (χ2v) is 3.81. The summed E-state index contributed by atoms with van der Waals surface area (Å²) >= 11 is 5.98. The average molecular weight is 239 g/mol. The first kappa shape index (κ1) is 12.7. The first-order valence-electron chi connectivity index (χ1n) is 5.01. The average Bonchev–Trinajstić information content (AvgIpc) is 2.24. The molecule has 0 heterocycles. The molecule has 0 bridgehead atoms. The van der Waals surface area contributed by atoms with Crippen molar-refractivity contribution in [3.63, 3.8) is 0 Å². The molecule has 0 radical (unpaired) electrons. The van der Waals surface area contributed by atoms with Crippen molar-refractivity contribution < 1.29 is 4.79 Å². The monoisotopic (exact) mass is 238 g/mol. The van der Waals surface area contributed by atoms with Crippen LogP contribution in [-0.2, 0) is 4.79 Å². The van der Waals surface area contributed by atoms with E-state index in [-0.39, 0.29) is 12.5 Å². The second kappa shape index (κ2) is 6.30. The highest BCUT2D eigenvalue weighted by atomic mass is 35.5. The Balaban J connectivity index is 2.59. The number of aryl methyl sites for hydroxylation is 1. The van der Waals surface area contributed by atoms with Crippen molar-refractivity contribution in [2.24, 2.45) is 0 Å². The highest BCUT2D eigenvalue weighted by molar-refractivity contribution is 6.33. The maximum Gasteiger partial charge on any atom is 0.238 e. The summed E-state index contributed by atoms with van der Waals surface area (Å²) < 4.78 is 0. The van der Waals surface area contributed by atoms with Crippen molar-refractivity contribution in [3.8, 4) is 0 Å². The maximum absolute atomic E-state index is 11.5. The third-order valence-corrected chi connectivity index (χ3v) is 2.38. The summed E-state index contributed by atoms with van der Waals surface area (Å²) in [7, 11) is 0. The summed E-state index contributed by atoms with van der Waals surface area (Å²) in [5.74, 6) is -0.113. The van der Waals surface area contributed by atoms with Crippen LogP contribution < -0.4 is 10.6 Å². The van der Waals surface area contributed by atoms with Crippen LogP contribution >= 0.6 is 11.6 Å². The molecule has 86 valence electrons. The third kappa shape index (κ3) is 3.68. The van der Waals surface area contributed by atoms with Gasteiger partial charge in [0.1, 0.15) is 0 Å². The van der Waals surface area contributed by atoms with Gasteiger partial charge in [-0.2, -0.15) is 0 Å². The van der Waals surface area contributed by atoms with E-state index >= 15 is 0 Å². The summed E-state index contributed by atoms with van der Waals surface area (Å²) in [5.41, 5.74) is 1.62. The van der Waals surface area contributed by atoms with Crippen molar-refractivity contribution >= 4 is 23.2 Å². The summed E-state index contributed by atoms with van der Waals surface area (Å²) in [6.07, 6.45) is 1.70. The Hall–Kier alpha value is -1.32. The molecule has 0 unspecified atom stereocenters. The topological polar surface area (TPSA) is 41.1 Å². The number of amides is 1. The standard InChI is InChI=1S/C12H15ClN2O/c1-3-7-14-8-11(16)15-12-9(2)5-4-6-10(12)13/h3-6,14H,1,7-8H2,2H3,(H,15,16). The van der Waals surface area contributed by atoms with Gasteiger partial charge in [-0.15, -0.1) is 6.58 Å². The number of anilines is 1. The predicted molar refractivity (Wildman–Crippen MR) is 67.9 cm³/mol. The predicted octanol–water partition coefficient (Wildman–Crippen LogP) is 2.36. The Bertz CT molecular complexity index is 370. The fraction of sp³-hybridized carbons (Fsp3) is 0.250. The maximum atomic E-state index is 11.5. The summed E-state index contributed by atoms with van der Waals surface area (Å²) in [5, 5.41) is 6.24. The molecule has 1 rings (SSSR count). The molecule has 0 atom stereocenters. The Kier molecular flexibility index (Phi) is 5.02. The van der Waals surface area contributed by atoms with Crippen molar-refractivity contribution in [2.45, 2.75) is 6.92 Å². The van der Waals surface area contributed by atoms with Crippen LogP contribution in [-0.4, -0.2) is 19.0 Å². The lowest BCUT2D eigenvalue weighted by molar-refractivity contribution is -0.115. The quantitative estimate of drug-likeness (QED) is 0.611. The minimum atomic E-state index is -0.113. The lowest BCUT2D eigenvalue weighted by atomic mass is 10.2. The van der Waals surface area contributed by atoms with Gasteiger partial charge in [0.05, 0.1) is 17.3 Å². The SMILES string of the molecule is C=CCNCC(=O)Nc1c(C)cccc1Cl. The Labute approximate surface area is 100 Å². The molecule has 0 saturated heterocycles. The number of nitrogens with one attached hydrogen (secondary N) is 2. The van der Waals surface area contributed by atoms with Crippen molar-refractivity contribution in [3.05, 3.63) is 41.4 Å². The minimum absolute atomic E-state index is 0.113. The summed E-state index contributed by atoms with van der Waals surface area (Å²) in [4.78, 5) is 11.5. The molecular weight excluding hydrogens is 224 g/mol. The van der Waals surface area contributed by atoms with Crippen LogP contribution in [0.15, 0.2) is 30.9 Å². The molecule has 1 amide bonds. The fourth-order valence-corrected chi connectivity index (χ4v) is 1.53. The van der Waals surface area contributed by atoms with E-state index in [1.807, 2.05) is 19.1 Å². The van der Waals surface area contributed by atoms with E-state index in [0.29, 0.717) is 17.3 Å². The van der Waals surface area contributed by atoms with E-state index in [4.69, 9.17) is 11.6 Å². The number of hydrogen-bond acceptors (Lipinski definition) is 2. The number of rotatable bonds is 5. The van der Waals surface area contributed by atoms with Gasteiger partial charge in [-0.05, 0) is 18.6 Å². The number of hydrogen-bond donors (Lipinski definition) is 2. The fourth-order valence-electron chi connectivity index (χ4n) is 1.26. The largest absolute Gasteiger partial charge is 0.323 e. The molecule has 0 saturated carbocycles. The van der Waals surface area contributed by atoms with E-state index < -0.39 is 0 Å². The van der Waals surface area contributed by atoms with Gasteiger partial charge in [0, 0.05) is 6.54 Å². The minimum Gasteiger partial charge on any atom is -0.323 e. The summed E-state index contributed by atoms with van der Waals surface area (Å²) in [6, 6.07) is 5.50. The van der Waals surface area contributed by atoms with E-state index in [1.165, 1.54) is 0 Å². The molecule has 0 aromatic heterocycles. The smallest absolute Gasteiger partial charge is 0.238 e. The van der Waals surface area contributed by atoms with Crippen molar-refractivity contribution in [1.29, 1.82) is 0 Å². The third-order valence-electron chi connectivity index (χ3n) is 2.06. The van der Waals surface area contributed by atoms with Crippen molar-refractivity contribution in [1.82, 2.24) is 5.32 Å². The molecule has 2 N–H and O–H groups in total. The van der Waals surface area contributed by atoms with Gasteiger partial charge in [0.25, 0.3) is 0 Å². The zero-order valence-electron chi connectivity index (χ0n) is 9.22. The van der Waals surface area contributed by atoms with E-state index in [9.17, 15) is 4.79 Å². The highest BCUT2D eigenvalue weighted by Crippen LogP contribution is 2.24. The molecule has 0 spiro atoms. The van der Waals surface area contributed by atoms with Crippen LogP contribution in [0.4, 0.5) is 5.69 Å². The van der Waals surface area contributed by atoms with Gasteiger partial charge in [0.2, 0.25) is 5.91 Å². The van der Waals surface area contributed by atoms with Crippen LogP contribution in [0.2, 0.25) is 5.02 Å². The van der Waals surface area contributed by atoms with E-state index in [2.05, 4.69) is 17.2 Å². The number of benzene rings is 1. The molecule has 3 nitrogen and oxygen atoms in total. The van der Waals surface area contributed by atoms with Crippen LogP contribution in [0.1, 0.15) is 5.56 Å². The van der Waals surface area contributed by atoms with Crippen LogP contribution in [0, 0.1) is 6.92 Å². The van der Waals surface area contributed by atoms with E-state index in [0.717, 1.165) is 5.56 Å². The molecule has 1 aromatic rings. The number of carbonyl (C=O) groups is 1. The second-order valence-electron chi connectivity index (χ2n) is 3.40. The first-order chi connectivity index (χ1) is 7.65. The molecular formula is C12H15ClN2O. The van der Waals surface area contributed by atoms with Gasteiger partial charge in [-0.25, -0.2) is 0 Å². The molecule has 1 aromatic carbocycles. The molecule has 0 aliphatic rings. The van der Waals surface area contributed by atoms with Gasteiger partial charge in [0.15, 0.2) is 0 Å². The van der Waals surface area contributed by atoms with Crippen LogP contribution in [0.25, 0.3) is 0 Å². The number of para-hydroxylation sites is 1. The van der Waals surface area contributed by atoms with Crippen molar-refractivity contribution in [2.75, 3.05) is 18.4 Å².